The molecule has 0 saturated heterocycles. The van der Waals surface area contributed by atoms with Crippen LogP contribution in [0.3, 0.4) is 0 Å². The lowest BCUT2D eigenvalue weighted by Gasteiger charge is -2.58. The summed E-state index contributed by atoms with van der Waals surface area (Å²) in [4.78, 5) is 59.9. The van der Waals surface area contributed by atoms with E-state index in [1.807, 2.05) is 0 Å². The summed E-state index contributed by atoms with van der Waals surface area (Å²) in [6, 6.07) is 0. The molecule has 0 aromatic carbocycles. The van der Waals surface area contributed by atoms with Crippen molar-refractivity contribution in [3.05, 3.63) is 11.6 Å². The highest BCUT2D eigenvalue weighted by Gasteiger charge is 2.59. The highest BCUT2D eigenvalue weighted by Crippen LogP contribution is 2.67. The lowest BCUT2D eigenvalue weighted by atomic mass is 9.47. The molecule has 0 radical (unpaired) electrons. The molecule has 4 aliphatic carbocycles. The zero-order valence-corrected chi connectivity index (χ0v) is 31.3. The topological polar surface area (TPSA) is 154 Å². The number of allylic oxidation sites excluding steroid dienone is 1. The lowest BCUT2D eigenvalue weighted by Crippen LogP contribution is -2.51. The number of carboxylic acids is 2. The van der Waals surface area contributed by atoms with Gasteiger partial charge in [-0.15, -0.1) is 0 Å². The normalized spacial score (nSPS) is 31.0. The van der Waals surface area contributed by atoms with E-state index in [1.54, 1.807) is 0 Å². The van der Waals surface area contributed by atoms with E-state index in [2.05, 4.69) is 40.7 Å². The number of ether oxygens (including phenoxy) is 3. The van der Waals surface area contributed by atoms with Gasteiger partial charge < -0.3 is 24.4 Å². The fourth-order valence-corrected chi connectivity index (χ4v) is 10.2. The van der Waals surface area contributed by atoms with Crippen LogP contribution in [0.15, 0.2) is 11.6 Å². The van der Waals surface area contributed by atoms with Crippen LogP contribution in [-0.4, -0.2) is 59.4 Å². The van der Waals surface area contributed by atoms with E-state index >= 15 is 0 Å². The first kappa shape index (κ1) is 39.9. The molecule has 4 rings (SSSR count). The van der Waals surface area contributed by atoms with Crippen LogP contribution in [0.2, 0.25) is 0 Å². The van der Waals surface area contributed by atoms with Gasteiger partial charge in [0.25, 0.3) is 0 Å². The fourth-order valence-electron chi connectivity index (χ4n) is 10.2. The van der Waals surface area contributed by atoms with Crippen molar-refractivity contribution in [2.45, 2.75) is 144 Å². The number of carbonyl (C=O) groups is 5. The zero-order valence-electron chi connectivity index (χ0n) is 31.3. The van der Waals surface area contributed by atoms with Gasteiger partial charge in [-0.3, -0.25) is 24.0 Å². The Morgan fingerprint density at radius 3 is 2.04 bits per heavy atom. The van der Waals surface area contributed by atoms with Crippen molar-refractivity contribution in [3.63, 3.8) is 0 Å². The second-order valence-electron chi connectivity index (χ2n) is 17.2. The summed E-state index contributed by atoms with van der Waals surface area (Å²) >= 11 is 0. The van der Waals surface area contributed by atoms with Gasteiger partial charge in [-0.1, -0.05) is 65.5 Å². The minimum atomic E-state index is -1.55. The molecule has 0 aromatic rings. The first-order valence-electron chi connectivity index (χ1n) is 19.1. The Morgan fingerprint density at radius 1 is 0.840 bits per heavy atom. The number of esters is 3. The molecule has 10 nitrogen and oxygen atoms in total. The number of carboxylic acid groups (broad SMARTS) is 2. The average molecular weight is 703 g/mol. The van der Waals surface area contributed by atoms with Gasteiger partial charge in [0.2, 0.25) is 0 Å². The van der Waals surface area contributed by atoms with Crippen LogP contribution in [0.5, 0.6) is 0 Å². The van der Waals surface area contributed by atoms with E-state index < -0.39 is 61.3 Å². The standard InChI is InChI=1S/C40H62O10/c1-25(2)8-7-9-26(3)30-12-13-31-29-11-10-27-22-28(18-20-39(27,5)32(29)19-21-40(30,31)6)50-37(47)38(4,23-48-35(45)16-14-33(41)42)24-49-36(46)17-15-34(43)44/h10,25-26,28-32H,7-9,11-24H2,1-6H3,(H,41,42)(H,43,44)/t26-,28+,29-,30+,31-,32-,39+,40+/m1/s1. The zero-order chi connectivity index (χ0) is 36.9. The Bertz CT molecular complexity index is 1250. The van der Waals surface area contributed by atoms with Gasteiger partial charge in [-0.05, 0) is 98.2 Å². The molecule has 0 spiro atoms. The van der Waals surface area contributed by atoms with E-state index in [0.29, 0.717) is 30.1 Å². The van der Waals surface area contributed by atoms with Crippen molar-refractivity contribution in [2.24, 2.45) is 51.8 Å². The van der Waals surface area contributed by atoms with Crippen molar-refractivity contribution >= 4 is 29.8 Å². The molecule has 0 heterocycles. The van der Waals surface area contributed by atoms with Crippen molar-refractivity contribution < 1.29 is 48.4 Å². The number of rotatable bonds is 17. The molecule has 50 heavy (non-hydrogen) atoms. The molecule has 282 valence electrons. The highest BCUT2D eigenvalue weighted by atomic mass is 16.6. The Labute approximate surface area is 298 Å². The summed E-state index contributed by atoms with van der Waals surface area (Å²) in [6.45, 7) is 12.7. The number of carbonyl (C=O) groups excluding carboxylic acids is 3. The Kier molecular flexibility index (Phi) is 13.3. The van der Waals surface area contributed by atoms with E-state index in [0.717, 1.165) is 36.5 Å². The third-order valence-electron chi connectivity index (χ3n) is 13.2. The van der Waals surface area contributed by atoms with Gasteiger partial charge in [0, 0.05) is 6.42 Å². The molecule has 0 aliphatic heterocycles. The molecular formula is C40H62O10. The van der Waals surface area contributed by atoms with Gasteiger partial charge in [-0.25, -0.2) is 0 Å². The van der Waals surface area contributed by atoms with Crippen LogP contribution >= 0.6 is 0 Å². The smallest absolute Gasteiger partial charge is 0.319 e. The Hall–Kier alpha value is -2.91. The minimum absolute atomic E-state index is 0.0662. The van der Waals surface area contributed by atoms with Gasteiger partial charge in [0.15, 0.2) is 0 Å². The average Bonchev–Trinajstić information content (AvgIpc) is 3.41. The van der Waals surface area contributed by atoms with Crippen LogP contribution in [0.4, 0.5) is 0 Å². The third kappa shape index (κ3) is 9.30. The highest BCUT2D eigenvalue weighted by molar-refractivity contribution is 5.80. The molecule has 3 fully saturated rings. The molecule has 4 aliphatic rings. The maximum absolute atomic E-state index is 13.7. The van der Waals surface area contributed by atoms with E-state index in [9.17, 15) is 24.0 Å². The molecule has 2 N–H and O–H groups in total. The van der Waals surface area contributed by atoms with Crippen LogP contribution < -0.4 is 0 Å². The molecule has 10 heteroatoms. The van der Waals surface area contributed by atoms with Crippen molar-refractivity contribution in [1.82, 2.24) is 0 Å². The lowest BCUT2D eigenvalue weighted by molar-refractivity contribution is -0.176. The Morgan fingerprint density at radius 2 is 1.46 bits per heavy atom. The summed E-state index contributed by atoms with van der Waals surface area (Å²) in [5.41, 5.74) is 0.288. The molecule has 0 amide bonds. The van der Waals surface area contributed by atoms with Gasteiger partial charge >= 0.3 is 29.8 Å². The van der Waals surface area contributed by atoms with Crippen LogP contribution in [0.25, 0.3) is 0 Å². The van der Waals surface area contributed by atoms with Crippen molar-refractivity contribution in [3.8, 4) is 0 Å². The minimum Gasteiger partial charge on any atom is -0.481 e. The fraction of sp³-hybridized carbons (Fsp3) is 0.825. The number of hydrogen-bond acceptors (Lipinski definition) is 8. The molecule has 3 saturated carbocycles. The summed E-state index contributed by atoms with van der Waals surface area (Å²) in [5.74, 6) is -0.183. The Balaban J connectivity index is 1.40. The molecule has 0 unspecified atom stereocenters. The summed E-state index contributed by atoms with van der Waals surface area (Å²) in [7, 11) is 0. The predicted molar refractivity (Wildman–Crippen MR) is 187 cm³/mol. The predicted octanol–water partition coefficient (Wildman–Crippen LogP) is 7.76. The maximum Gasteiger partial charge on any atom is 0.319 e. The van der Waals surface area contributed by atoms with Crippen molar-refractivity contribution in [1.29, 1.82) is 0 Å². The number of fused-ring (bicyclic) bond motifs is 5. The second-order valence-corrected chi connectivity index (χ2v) is 17.2. The summed E-state index contributed by atoms with van der Waals surface area (Å²) in [6.07, 6.45) is 13.0. The summed E-state index contributed by atoms with van der Waals surface area (Å²) < 4.78 is 16.6. The van der Waals surface area contributed by atoms with Gasteiger partial charge in [0.1, 0.15) is 24.7 Å². The van der Waals surface area contributed by atoms with Crippen LogP contribution in [-0.2, 0) is 38.2 Å². The van der Waals surface area contributed by atoms with Crippen molar-refractivity contribution in [2.75, 3.05) is 13.2 Å². The van der Waals surface area contributed by atoms with Gasteiger partial charge in [-0.2, -0.15) is 0 Å². The largest absolute Gasteiger partial charge is 0.481 e. The van der Waals surface area contributed by atoms with Crippen LogP contribution in [0.1, 0.15) is 138 Å². The van der Waals surface area contributed by atoms with E-state index in [-0.39, 0.29) is 24.4 Å². The number of aliphatic carboxylic acids is 2. The molecule has 0 bridgehead atoms. The quantitative estimate of drug-likeness (QED) is 0.0873. The first-order valence-corrected chi connectivity index (χ1v) is 19.1. The summed E-state index contributed by atoms with van der Waals surface area (Å²) in [5, 5.41) is 17.8. The third-order valence-corrected chi connectivity index (χ3v) is 13.2. The molecule has 0 aromatic heterocycles. The molecule has 8 atom stereocenters. The molecular weight excluding hydrogens is 640 g/mol. The SMILES string of the molecule is CC(C)CCC[C@@H](C)[C@@H]1CC[C@@H]2[C@H]3CC=C4C[C@@H](OC(=O)C(C)(COC(=O)CCC(=O)O)COC(=O)CCC(=O)O)CC[C@]4(C)[C@@H]3CC[C@]21C. The maximum atomic E-state index is 13.7. The number of hydrogen-bond donors (Lipinski definition) is 2. The van der Waals surface area contributed by atoms with Crippen LogP contribution in [0, 0.1) is 51.8 Å². The monoisotopic (exact) mass is 702 g/mol. The second kappa shape index (κ2) is 16.6. The van der Waals surface area contributed by atoms with E-state index in [4.69, 9.17) is 24.4 Å². The van der Waals surface area contributed by atoms with E-state index in [1.165, 1.54) is 57.4 Å². The van der Waals surface area contributed by atoms with Gasteiger partial charge in [0.05, 0.1) is 25.7 Å². The first-order chi connectivity index (χ1) is 23.5.